The zero-order valence-corrected chi connectivity index (χ0v) is 45.9. The molecule has 2 fully saturated rings. The highest BCUT2D eigenvalue weighted by atomic mass is 79.9. The van der Waals surface area contributed by atoms with Crippen molar-refractivity contribution in [2.75, 3.05) is 90.0 Å². The van der Waals surface area contributed by atoms with E-state index in [0.717, 1.165) is 5.56 Å². The van der Waals surface area contributed by atoms with Gasteiger partial charge in [-0.05, 0) is 93.2 Å². The van der Waals surface area contributed by atoms with Gasteiger partial charge >= 0.3 is 12.2 Å². The van der Waals surface area contributed by atoms with Gasteiger partial charge in [0.15, 0.2) is 34.6 Å². The van der Waals surface area contributed by atoms with Crippen LogP contribution in [0.2, 0.25) is 0 Å². The average Bonchev–Trinajstić information content (AvgIpc) is 3.83. The summed E-state index contributed by atoms with van der Waals surface area (Å²) in [5.41, 5.74) is 11.6. The quantitative estimate of drug-likeness (QED) is 0.159. The first-order valence-electron chi connectivity index (χ1n) is 22.4. The second-order valence-electron chi connectivity index (χ2n) is 17.7. The molecule has 0 saturated carbocycles. The van der Waals surface area contributed by atoms with Crippen molar-refractivity contribution < 1.29 is 40.4 Å². The van der Waals surface area contributed by atoms with E-state index in [0.29, 0.717) is 101 Å². The van der Waals surface area contributed by atoms with Crippen LogP contribution in [0.1, 0.15) is 61.1 Å². The lowest BCUT2D eigenvalue weighted by Gasteiger charge is -2.34. The molecule has 2 saturated heterocycles. The first kappa shape index (κ1) is 56.9. The van der Waals surface area contributed by atoms with Gasteiger partial charge in [0, 0.05) is 64.0 Å². The van der Waals surface area contributed by atoms with Crippen LogP contribution in [0, 0.1) is 12.3 Å². The van der Waals surface area contributed by atoms with E-state index in [1.54, 1.807) is 73.8 Å². The molecule has 0 atom stereocenters. The minimum atomic E-state index is -3.28. The second kappa shape index (κ2) is 24.1. The summed E-state index contributed by atoms with van der Waals surface area (Å²) in [7, 11) is -6.46. The number of hydrogen-bond acceptors (Lipinski definition) is 20. The van der Waals surface area contributed by atoms with Gasteiger partial charge in [-0.25, -0.2) is 56.3 Å². The number of aromatic nitrogens is 7. The summed E-state index contributed by atoms with van der Waals surface area (Å²) in [4.78, 5) is 55.5. The lowest BCUT2D eigenvalue weighted by molar-refractivity contribution is 0.0428. The Balaban J connectivity index is 0.000000229. The first-order valence-corrected chi connectivity index (χ1v) is 27.2. The number of benzene rings is 1. The summed E-state index contributed by atoms with van der Waals surface area (Å²) in [6.07, 6.45) is 8.16. The lowest BCUT2D eigenvalue weighted by atomic mass is 10.1. The molecule has 0 spiro atoms. The van der Waals surface area contributed by atoms with Crippen molar-refractivity contribution in [1.29, 1.82) is 0 Å². The average molecular weight is 1160 g/mol. The minimum Gasteiger partial charge on any atom is -0.443 e. The van der Waals surface area contributed by atoms with E-state index < -0.39 is 43.4 Å². The van der Waals surface area contributed by atoms with E-state index in [-0.39, 0.29) is 28.8 Å². The van der Waals surface area contributed by atoms with Gasteiger partial charge in [-0.3, -0.25) is 0 Å². The number of nitrogen functional groups attached to an aromatic ring is 2. The van der Waals surface area contributed by atoms with Crippen LogP contribution in [0.5, 0.6) is 0 Å². The molecule has 7 rings (SSSR count). The van der Waals surface area contributed by atoms with Crippen LogP contribution in [0.4, 0.5) is 38.7 Å². The Labute approximate surface area is 436 Å². The Morgan fingerprint density at radius 3 is 1.68 bits per heavy atom. The van der Waals surface area contributed by atoms with Gasteiger partial charge in [0.25, 0.3) is 0 Å². The monoisotopic (exact) mass is 1160 g/mol. The highest BCUT2D eigenvalue weighted by Crippen LogP contribution is 2.30. The van der Waals surface area contributed by atoms with E-state index in [2.05, 4.69) is 72.8 Å². The number of imide groups is 1. The number of hydrogen-bond donors (Lipinski definition) is 2. The Kier molecular flexibility index (Phi) is 19.0. The van der Waals surface area contributed by atoms with Crippen LogP contribution in [0.3, 0.4) is 0 Å². The Hall–Kier alpha value is -6.05. The van der Waals surface area contributed by atoms with Gasteiger partial charge in [-0.15, -0.1) is 6.42 Å². The third kappa shape index (κ3) is 15.5. The Morgan fingerprint density at radius 1 is 0.736 bits per heavy atom. The number of amides is 2. The van der Waals surface area contributed by atoms with Crippen molar-refractivity contribution in [3.05, 3.63) is 69.9 Å². The van der Waals surface area contributed by atoms with Crippen molar-refractivity contribution >= 4 is 93.2 Å². The summed E-state index contributed by atoms with van der Waals surface area (Å²) in [5.74, 6) is 4.43. The molecule has 4 N–H and O–H groups in total. The molecule has 0 unspecified atom stereocenters. The normalized spacial score (nSPS) is 14.7. The molecular weight excluding hydrogens is 1100 g/mol. The standard InChI is InChI=1S/C22H33N5O6S.C19H22N6O3S.C4H3Br2N3/c1-9-16-18(27(19(28)32-21(3,4)5)20(29)33-22(6,7)8)23-15-17(24-16)25-11-13-26(14-12-25)34(30,31)10-2;1-2-29(26,27)25-10-8-24(9-11-25)17-13-21-19(20)18(22-17)16-12-15(23-28-16)14-6-4-3-5-7-14;5-2-1-8-4(7)3(6)9-2/h1,15H,10-14H2,2-8H3;3-7,12-13H,2,8-11H2,1H3,(H2,20,21);1H,(H2,7,8). The van der Waals surface area contributed by atoms with Crippen LogP contribution in [0.25, 0.3) is 22.7 Å². The van der Waals surface area contributed by atoms with E-state index in [4.69, 9.17) is 31.9 Å². The molecule has 27 heteroatoms. The maximum Gasteiger partial charge on any atom is 0.425 e. The molecule has 0 radical (unpaired) electrons. The van der Waals surface area contributed by atoms with Crippen LogP contribution in [-0.4, -0.2) is 148 Å². The third-order valence-electron chi connectivity index (χ3n) is 10.2. The fourth-order valence-corrected chi connectivity index (χ4v) is 9.60. The van der Waals surface area contributed by atoms with E-state index in [9.17, 15) is 26.4 Å². The number of sulfonamides is 2. The van der Waals surface area contributed by atoms with E-state index >= 15 is 0 Å². The molecule has 2 amide bonds. The second-order valence-corrected chi connectivity index (χ2v) is 23.8. The van der Waals surface area contributed by atoms with Crippen molar-refractivity contribution in [3.63, 3.8) is 0 Å². The molecule has 388 valence electrons. The van der Waals surface area contributed by atoms with Gasteiger partial charge in [0.1, 0.15) is 37.7 Å². The van der Waals surface area contributed by atoms with E-state index in [1.807, 2.05) is 40.1 Å². The number of rotatable bonds is 9. The number of ether oxygens (including phenoxy) is 2. The Morgan fingerprint density at radius 2 is 1.22 bits per heavy atom. The SMILES string of the molecule is C#Cc1nc(N2CCN(S(=O)(=O)CC)CC2)cnc1N(C(=O)OC(C)(C)C)C(=O)OC(C)(C)C.CCS(=O)(=O)N1CCN(c2cnc(N)c(-c3cc(-c4ccccc4)no3)n2)CC1.Nc1ncc(Br)nc1Br. The maximum atomic E-state index is 12.9. The number of terminal acetylenes is 1. The molecular formula is C45H58Br2N14O9S2. The fraction of sp³-hybridized carbons (Fsp3) is 0.444. The number of anilines is 5. The zero-order valence-electron chi connectivity index (χ0n) is 41.1. The predicted octanol–water partition coefficient (Wildman–Crippen LogP) is 6.04. The summed E-state index contributed by atoms with van der Waals surface area (Å²) in [6, 6.07) is 11.5. The molecule has 5 aromatic rings. The van der Waals surface area contributed by atoms with Crippen LogP contribution < -0.4 is 26.2 Å². The zero-order chi connectivity index (χ0) is 53.2. The van der Waals surface area contributed by atoms with Crippen LogP contribution >= 0.6 is 31.9 Å². The summed E-state index contributed by atoms with van der Waals surface area (Å²) in [5, 5.41) is 4.11. The van der Waals surface area contributed by atoms with Crippen molar-refractivity contribution in [1.82, 2.24) is 43.7 Å². The highest BCUT2D eigenvalue weighted by Gasteiger charge is 2.36. The highest BCUT2D eigenvalue weighted by molar-refractivity contribution is 9.11. The van der Waals surface area contributed by atoms with Crippen LogP contribution in [0.15, 0.2) is 68.7 Å². The molecule has 72 heavy (non-hydrogen) atoms. The van der Waals surface area contributed by atoms with Crippen molar-refractivity contribution in [2.45, 2.75) is 66.6 Å². The molecule has 4 aromatic heterocycles. The van der Waals surface area contributed by atoms with Crippen molar-refractivity contribution in [2.24, 2.45) is 0 Å². The maximum absolute atomic E-state index is 12.9. The molecule has 1 aromatic carbocycles. The number of nitrogens with zero attached hydrogens (tertiary/aromatic N) is 12. The molecule has 6 heterocycles. The predicted molar refractivity (Wildman–Crippen MR) is 281 cm³/mol. The first-order chi connectivity index (χ1) is 33.7. The minimum absolute atomic E-state index is 0.0356. The molecule has 0 aliphatic carbocycles. The Bertz CT molecular complexity index is 2920. The van der Waals surface area contributed by atoms with E-state index in [1.165, 1.54) is 14.8 Å². The number of nitrogens with two attached hydrogens (primary N) is 2. The number of carbonyl (C=O) groups is 2. The summed E-state index contributed by atoms with van der Waals surface area (Å²) < 4.78 is 68.7. The topological polar surface area (TPSA) is 292 Å². The molecule has 2 aliphatic rings. The molecule has 0 bridgehead atoms. The number of piperazine rings is 2. The van der Waals surface area contributed by atoms with Crippen molar-refractivity contribution in [3.8, 4) is 35.1 Å². The van der Waals surface area contributed by atoms with Gasteiger partial charge in [0.05, 0.1) is 30.1 Å². The number of halogens is 2. The largest absolute Gasteiger partial charge is 0.443 e. The molecule has 23 nitrogen and oxygen atoms in total. The van der Waals surface area contributed by atoms with Crippen LogP contribution in [-0.2, 0) is 29.5 Å². The fourth-order valence-electron chi connectivity index (χ4n) is 6.62. The third-order valence-corrected chi connectivity index (χ3v) is 14.9. The lowest BCUT2D eigenvalue weighted by Crippen LogP contribution is -2.49. The molecule has 2 aliphatic heterocycles. The summed E-state index contributed by atoms with van der Waals surface area (Å²) in [6.45, 7) is 16.5. The number of carbonyl (C=O) groups excluding carboxylic acids is 2. The smallest absolute Gasteiger partial charge is 0.425 e. The summed E-state index contributed by atoms with van der Waals surface area (Å²) >= 11 is 6.25. The van der Waals surface area contributed by atoms with Gasteiger partial charge < -0.3 is 35.3 Å². The van der Waals surface area contributed by atoms with Gasteiger partial charge in [-0.1, -0.05) is 35.5 Å². The van der Waals surface area contributed by atoms with Gasteiger partial charge in [-0.2, -0.15) is 13.5 Å². The van der Waals surface area contributed by atoms with Gasteiger partial charge in [0.2, 0.25) is 20.0 Å².